The largest absolute Gasteiger partial charge is 0.497 e. The Balaban J connectivity index is 1.88. The second-order valence-electron chi connectivity index (χ2n) is 5.91. The fourth-order valence-corrected chi connectivity index (χ4v) is 2.91. The molecule has 7 nitrogen and oxygen atoms in total. The number of esters is 1. The molecule has 0 aliphatic heterocycles. The standard InChI is InChI=1S/C19H21NO6S/c1-13(19(22)15-6-8-16(25-2)9-7-15)26-18(21)12-5-14-3-10-17(11-4-14)27(20,23)24/h3-4,6-11,13H,5,12H2,1-2H3,(H2,20,23,24)/t13-/m1/s1. The van der Waals surface area contributed by atoms with Crippen molar-refractivity contribution in [1.82, 2.24) is 0 Å². The highest BCUT2D eigenvalue weighted by Crippen LogP contribution is 2.15. The van der Waals surface area contributed by atoms with E-state index in [1.165, 1.54) is 26.2 Å². The SMILES string of the molecule is COc1ccc(C(=O)[C@@H](C)OC(=O)CCc2ccc(S(N)(=O)=O)cc2)cc1. The van der Waals surface area contributed by atoms with Gasteiger partial charge in [-0.15, -0.1) is 0 Å². The van der Waals surface area contributed by atoms with Crippen molar-refractivity contribution in [3.8, 4) is 5.75 Å². The maximum atomic E-state index is 12.3. The molecule has 2 aromatic carbocycles. The van der Waals surface area contributed by atoms with Crippen molar-refractivity contribution < 1.29 is 27.5 Å². The van der Waals surface area contributed by atoms with Crippen LogP contribution in [0.2, 0.25) is 0 Å². The van der Waals surface area contributed by atoms with Gasteiger partial charge in [0.15, 0.2) is 6.10 Å². The molecule has 0 fully saturated rings. The van der Waals surface area contributed by atoms with Crippen LogP contribution in [0.15, 0.2) is 53.4 Å². The van der Waals surface area contributed by atoms with Crippen LogP contribution >= 0.6 is 0 Å². The summed E-state index contributed by atoms with van der Waals surface area (Å²) >= 11 is 0. The van der Waals surface area contributed by atoms with Gasteiger partial charge in [0.1, 0.15) is 5.75 Å². The van der Waals surface area contributed by atoms with Gasteiger partial charge < -0.3 is 9.47 Å². The van der Waals surface area contributed by atoms with Crippen LogP contribution in [0.25, 0.3) is 0 Å². The highest BCUT2D eigenvalue weighted by atomic mass is 32.2. The Bertz CT molecular complexity index is 904. The number of sulfonamides is 1. The lowest BCUT2D eigenvalue weighted by Crippen LogP contribution is -2.24. The predicted octanol–water partition coefficient (Wildman–Crippen LogP) is 2.09. The number of ether oxygens (including phenoxy) is 2. The summed E-state index contributed by atoms with van der Waals surface area (Å²) in [5.74, 6) is -0.187. The first-order valence-electron chi connectivity index (χ1n) is 8.20. The molecule has 0 unspecified atom stereocenters. The van der Waals surface area contributed by atoms with Crippen LogP contribution in [-0.2, 0) is 26.0 Å². The minimum Gasteiger partial charge on any atom is -0.497 e. The number of hydrogen-bond acceptors (Lipinski definition) is 6. The molecule has 144 valence electrons. The Labute approximate surface area is 158 Å². The van der Waals surface area contributed by atoms with E-state index in [1.807, 2.05) is 0 Å². The van der Waals surface area contributed by atoms with E-state index in [9.17, 15) is 18.0 Å². The van der Waals surface area contributed by atoms with E-state index in [2.05, 4.69) is 0 Å². The lowest BCUT2D eigenvalue weighted by atomic mass is 10.1. The normalized spacial score (nSPS) is 12.3. The van der Waals surface area contributed by atoms with Gasteiger partial charge in [-0.3, -0.25) is 9.59 Å². The average molecular weight is 391 g/mol. The summed E-state index contributed by atoms with van der Waals surface area (Å²) in [6, 6.07) is 12.5. The summed E-state index contributed by atoms with van der Waals surface area (Å²) in [6.07, 6.45) is -0.488. The minimum absolute atomic E-state index is 0.00698. The number of methoxy groups -OCH3 is 1. The molecule has 0 aliphatic carbocycles. The molecule has 1 atom stereocenters. The van der Waals surface area contributed by atoms with Crippen LogP contribution < -0.4 is 9.88 Å². The molecule has 0 amide bonds. The molecular weight excluding hydrogens is 370 g/mol. The topological polar surface area (TPSA) is 113 Å². The Morgan fingerprint density at radius 1 is 1.04 bits per heavy atom. The zero-order valence-corrected chi connectivity index (χ0v) is 15.9. The number of benzene rings is 2. The van der Waals surface area contributed by atoms with Gasteiger partial charge in [-0.05, 0) is 55.3 Å². The van der Waals surface area contributed by atoms with Crippen molar-refractivity contribution in [2.45, 2.75) is 30.8 Å². The molecule has 0 heterocycles. The van der Waals surface area contributed by atoms with E-state index in [0.29, 0.717) is 17.7 Å². The van der Waals surface area contributed by atoms with Crippen LogP contribution in [0.3, 0.4) is 0 Å². The number of hydrogen-bond donors (Lipinski definition) is 1. The molecule has 0 saturated carbocycles. The number of Topliss-reactive ketones (excluding diaryl/α,β-unsaturated/α-hetero) is 1. The van der Waals surface area contributed by atoms with Gasteiger partial charge in [-0.25, -0.2) is 13.6 Å². The lowest BCUT2D eigenvalue weighted by molar-refractivity contribution is -0.146. The molecule has 2 aromatic rings. The molecule has 0 aliphatic rings. The molecule has 0 spiro atoms. The number of primary sulfonamides is 1. The molecule has 27 heavy (non-hydrogen) atoms. The highest BCUT2D eigenvalue weighted by molar-refractivity contribution is 7.89. The summed E-state index contributed by atoms with van der Waals surface area (Å²) < 4.78 is 32.6. The van der Waals surface area contributed by atoms with Crippen molar-refractivity contribution >= 4 is 21.8 Å². The second kappa shape index (κ2) is 8.79. The van der Waals surface area contributed by atoms with E-state index in [-0.39, 0.29) is 17.1 Å². The third-order valence-electron chi connectivity index (χ3n) is 3.92. The molecule has 0 aromatic heterocycles. The second-order valence-corrected chi connectivity index (χ2v) is 7.48. The molecule has 0 radical (unpaired) electrons. The first-order valence-corrected chi connectivity index (χ1v) is 9.75. The van der Waals surface area contributed by atoms with Crippen molar-refractivity contribution in [3.63, 3.8) is 0 Å². The van der Waals surface area contributed by atoms with Gasteiger partial charge in [0.05, 0.1) is 12.0 Å². The summed E-state index contributed by atoms with van der Waals surface area (Å²) in [4.78, 5) is 24.3. The highest BCUT2D eigenvalue weighted by Gasteiger charge is 2.19. The van der Waals surface area contributed by atoms with Gasteiger partial charge in [0.25, 0.3) is 0 Å². The van der Waals surface area contributed by atoms with E-state index < -0.39 is 22.1 Å². The number of aryl methyl sites for hydroxylation is 1. The maximum Gasteiger partial charge on any atom is 0.306 e. The Hall–Kier alpha value is -2.71. The van der Waals surface area contributed by atoms with Crippen LogP contribution in [0, 0.1) is 0 Å². The molecule has 2 rings (SSSR count). The molecule has 0 bridgehead atoms. The van der Waals surface area contributed by atoms with Crippen LogP contribution in [-0.4, -0.2) is 33.4 Å². The fraction of sp³-hybridized carbons (Fsp3) is 0.263. The third kappa shape index (κ3) is 5.90. The van der Waals surface area contributed by atoms with E-state index in [1.54, 1.807) is 36.4 Å². The first-order chi connectivity index (χ1) is 12.7. The van der Waals surface area contributed by atoms with Crippen LogP contribution in [0.4, 0.5) is 0 Å². The Kier molecular flexibility index (Phi) is 6.70. The van der Waals surface area contributed by atoms with Gasteiger partial charge >= 0.3 is 5.97 Å². The lowest BCUT2D eigenvalue weighted by Gasteiger charge is -2.12. The van der Waals surface area contributed by atoms with Crippen LogP contribution in [0.1, 0.15) is 29.3 Å². The zero-order valence-electron chi connectivity index (χ0n) is 15.0. The summed E-state index contributed by atoms with van der Waals surface area (Å²) in [5.41, 5.74) is 1.18. The molecule has 8 heteroatoms. The Morgan fingerprint density at radius 3 is 2.15 bits per heavy atom. The molecule has 2 N–H and O–H groups in total. The number of ketones is 1. The molecular formula is C19H21NO6S. The monoisotopic (exact) mass is 391 g/mol. The van der Waals surface area contributed by atoms with E-state index in [4.69, 9.17) is 14.6 Å². The van der Waals surface area contributed by atoms with Crippen molar-refractivity contribution in [1.29, 1.82) is 0 Å². The first kappa shape index (κ1) is 20.6. The van der Waals surface area contributed by atoms with Gasteiger partial charge in [0.2, 0.25) is 15.8 Å². The van der Waals surface area contributed by atoms with E-state index in [0.717, 1.165) is 5.56 Å². The molecule has 0 saturated heterocycles. The fourth-order valence-electron chi connectivity index (χ4n) is 2.39. The van der Waals surface area contributed by atoms with Crippen molar-refractivity contribution in [3.05, 3.63) is 59.7 Å². The zero-order chi connectivity index (χ0) is 20.0. The number of nitrogens with two attached hydrogens (primary N) is 1. The van der Waals surface area contributed by atoms with E-state index >= 15 is 0 Å². The number of carbonyl (C=O) groups is 2. The predicted molar refractivity (Wildman–Crippen MR) is 99.0 cm³/mol. The van der Waals surface area contributed by atoms with Gasteiger partial charge in [-0.2, -0.15) is 0 Å². The smallest absolute Gasteiger partial charge is 0.306 e. The van der Waals surface area contributed by atoms with Gasteiger partial charge in [0, 0.05) is 12.0 Å². The summed E-state index contributed by atoms with van der Waals surface area (Å²) in [5, 5.41) is 5.04. The average Bonchev–Trinajstić information content (AvgIpc) is 2.65. The summed E-state index contributed by atoms with van der Waals surface area (Å²) in [7, 11) is -2.21. The maximum absolute atomic E-state index is 12.3. The van der Waals surface area contributed by atoms with Gasteiger partial charge in [-0.1, -0.05) is 12.1 Å². The third-order valence-corrected chi connectivity index (χ3v) is 4.85. The minimum atomic E-state index is -3.74. The summed E-state index contributed by atoms with van der Waals surface area (Å²) in [6.45, 7) is 1.52. The number of carbonyl (C=O) groups excluding carboxylic acids is 2. The Morgan fingerprint density at radius 2 is 1.63 bits per heavy atom. The van der Waals surface area contributed by atoms with Crippen molar-refractivity contribution in [2.75, 3.05) is 7.11 Å². The van der Waals surface area contributed by atoms with Crippen LogP contribution in [0.5, 0.6) is 5.75 Å². The van der Waals surface area contributed by atoms with Crippen molar-refractivity contribution in [2.24, 2.45) is 5.14 Å². The quantitative estimate of drug-likeness (QED) is 0.545. The number of rotatable bonds is 8.